The minimum atomic E-state index is 0.440. The fraction of sp³-hybridized carbons (Fsp3) is 0.742. The average Bonchev–Trinajstić information content (AvgIpc) is 3.48. The van der Waals surface area contributed by atoms with Gasteiger partial charge in [0.05, 0.1) is 0 Å². The van der Waals surface area contributed by atoms with Crippen LogP contribution in [0.4, 0.5) is 0 Å². The molecule has 0 N–H and O–H groups in total. The zero-order valence-electron chi connectivity index (χ0n) is 19.9. The van der Waals surface area contributed by atoms with Gasteiger partial charge in [0.1, 0.15) is 0 Å². The van der Waals surface area contributed by atoms with Gasteiger partial charge in [-0.3, -0.25) is 0 Å². The predicted octanol–water partition coefficient (Wildman–Crippen LogP) is 9.10. The lowest BCUT2D eigenvalue weighted by Gasteiger charge is -2.51. The highest BCUT2D eigenvalue weighted by Crippen LogP contribution is 2.66. The van der Waals surface area contributed by atoms with Crippen LogP contribution in [0.25, 0.3) is 0 Å². The molecule has 0 heteroatoms. The van der Waals surface area contributed by atoms with Gasteiger partial charge in [0.15, 0.2) is 0 Å². The highest BCUT2D eigenvalue weighted by Gasteiger charge is 2.60. The van der Waals surface area contributed by atoms with Crippen molar-refractivity contribution in [3.63, 3.8) is 0 Å². The Kier molecular flexibility index (Phi) is 6.92. The lowest BCUT2D eigenvalue weighted by atomic mass is 9.53. The Morgan fingerprint density at radius 2 is 1.26 bits per heavy atom. The zero-order valence-corrected chi connectivity index (χ0v) is 19.9. The molecule has 1 aromatic carbocycles. The van der Waals surface area contributed by atoms with E-state index in [-0.39, 0.29) is 0 Å². The van der Waals surface area contributed by atoms with E-state index in [2.05, 4.69) is 43.0 Å². The molecule has 1 aromatic rings. The van der Waals surface area contributed by atoms with Crippen LogP contribution in [-0.4, -0.2) is 0 Å². The number of fused-ring (bicyclic) bond motifs is 3. The van der Waals surface area contributed by atoms with E-state index >= 15 is 0 Å². The van der Waals surface area contributed by atoms with Gasteiger partial charge in [0, 0.05) is 5.41 Å². The number of hydrogen-bond acceptors (Lipinski definition) is 0. The molecular weight excluding hydrogens is 372 g/mol. The number of unbranched alkanes of at least 4 members (excludes halogenated alkanes) is 2. The summed E-state index contributed by atoms with van der Waals surface area (Å²) in [7, 11) is 0. The molecule has 2 unspecified atom stereocenters. The second kappa shape index (κ2) is 9.84. The SMILES string of the molecule is C=CCCCC[C@@](c1ccccc1)(C1CCCC1)C1C2CCCC[C@H]2[C@@H]2CCCC[C@@H]12. The van der Waals surface area contributed by atoms with Crippen molar-refractivity contribution in [1.29, 1.82) is 0 Å². The summed E-state index contributed by atoms with van der Waals surface area (Å²) in [5.74, 6) is 6.02. The van der Waals surface area contributed by atoms with Crippen LogP contribution in [0.15, 0.2) is 43.0 Å². The molecule has 0 nitrogen and oxygen atoms in total. The fourth-order valence-corrected chi connectivity index (χ4v) is 9.52. The molecule has 0 radical (unpaired) electrons. The first-order valence-corrected chi connectivity index (χ1v) is 14.0. The summed E-state index contributed by atoms with van der Waals surface area (Å²) in [5.41, 5.74) is 2.18. The van der Waals surface area contributed by atoms with Crippen LogP contribution in [0.2, 0.25) is 0 Å². The maximum absolute atomic E-state index is 4.02. The summed E-state index contributed by atoms with van der Waals surface area (Å²) in [6.07, 6.45) is 25.6. The Labute approximate surface area is 192 Å². The van der Waals surface area contributed by atoms with Crippen LogP contribution in [0.1, 0.15) is 108 Å². The van der Waals surface area contributed by atoms with E-state index < -0.39 is 0 Å². The largest absolute Gasteiger partial charge is 0.103 e. The summed E-state index contributed by atoms with van der Waals surface area (Å²) in [6, 6.07) is 12.1. The molecule has 0 heterocycles. The number of benzene rings is 1. The van der Waals surface area contributed by atoms with E-state index in [0.29, 0.717) is 5.41 Å². The highest BCUT2D eigenvalue weighted by atomic mass is 14.6. The lowest BCUT2D eigenvalue weighted by molar-refractivity contribution is 0.0575. The van der Waals surface area contributed by atoms with Crippen molar-refractivity contribution in [2.45, 2.75) is 108 Å². The zero-order chi connectivity index (χ0) is 21.1. The first kappa shape index (κ1) is 21.8. The molecule has 0 bridgehead atoms. The summed E-state index contributed by atoms with van der Waals surface area (Å²) >= 11 is 0. The van der Waals surface area contributed by atoms with E-state index in [1.54, 1.807) is 18.4 Å². The van der Waals surface area contributed by atoms with Gasteiger partial charge in [0.2, 0.25) is 0 Å². The van der Waals surface area contributed by atoms with Crippen LogP contribution in [0.5, 0.6) is 0 Å². The topological polar surface area (TPSA) is 0 Å². The Morgan fingerprint density at radius 3 is 1.84 bits per heavy atom. The van der Waals surface area contributed by atoms with Crippen LogP contribution >= 0.6 is 0 Å². The number of allylic oxidation sites excluding steroid dienone is 1. The summed E-state index contributed by atoms with van der Waals surface area (Å²) < 4.78 is 0. The number of hydrogen-bond donors (Lipinski definition) is 0. The molecule has 31 heavy (non-hydrogen) atoms. The third-order valence-electron chi connectivity index (χ3n) is 10.5. The molecule has 0 amide bonds. The summed E-state index contributed by atoms with van der Waals surface area (Å²) in [4.78, 5) is 0. The third-order valence-corrected chi connectivity index (χ3v) is 10.5. The lowest BCUT2D eigenvalue weighted by Crippen LogP contribution is -2.47. The van der Waals surface area contributed by atoms with Gasteiger partial charge in [-0.15, -0.1) is 6.58 Å². The van der Waals surface area contributed by atoms with E-state index in [4.69, 9.17) is 0 Å². The molecule has 5 rings (SSSR count). The Balaban J connectivity index is 1.60. The summed E-state index contributed by atoms with van der Waals surface area (Å²) in [6.45, 7) is 4.02. The third kappa shape index (κ3) is 3.95. The monoisotopic (exact) mass is 418 g/mol. The molecule has 0 aliphatic heterocycles. The molecule has 0 aromatic heterocycles. The van der Waals surface area contributed by atoms with Crippen molar-refractivity contribution < 1.29 is 0 Å². The summed E-state index contributed by atoms with van der Waals surface area (Å²) in [5, 5.41) is 0. The molecule has 4 fully saturated rings. The van der Waals surface area contributed by atoms with Gasteiger partial charge < -0.3 is 0 Å². The first-order valence-electron chi connectivity index (χ1n) is 14.0. The van der Waals surface area contributed by atoms with Crippen molar-refractivity contribution in [2.75, 3.05) is 0 Å². The second-order valence-electron chi connectivity index (χ2n) is 11.7. The maximum atomic E-state index is 4.02. The minimum absolute atomic E-state index is 0.440. The van der Waals surface area contributed by atoms with E-state index in [1.165, 1.54) is 89.9 Å². The van der Waals surface area contributed by atoms with Crippen molar-refractivity contribution in [2.24, 2.45) is 35.5 Å². The molecule has 4 aliphatic carbocycles. The molecule has 6 atom stereocenters. The van der Waals surface area contributed by atoms with Crippen molar-refractivity contribution in [3.05, 3.63) is 48.6 Å². The van der Waals surface area contributed by atoms with Crippen molar-refractivity contribution in [3.8, 4) is 0 Å². The van der Waals surface area contributed by atoms with E-state index in [0.717, 1.165) is 35.5 Å². The fourth-order valence-electron chi connectivity index (χ4n) is 9.52. The standard InChI is InChI=1S/C31H46/c1-2-3-4-14-23-31(25-17-8-9-18-25,24-15-6-5-7-16-24)30-28-21-12-10-19-26(28)27-20-11-13-22-29(27)30/h2,5-7,15-16,25-30H,1,3-4,8-14,17-23H2/t26-,27-,28+,29?,30?,31+/m0/s1. The minimum Gasteiger partial charge on any atom is -0.103 e. The molecule has 4 aliphatic rings. The van der Waals surface area contributed by atoms with Gasteiger partial charge in [-0.1, -0.05) is 81.4 Å². The van der Waals surface area contributed by atoms with Gasteiger partial charge in [-0.05, 0) is 98.9 Å². The molecule has 170 valence electrons. The van der Waals surface area contributed by atoms with E-state index in [9.17, 15) is 0 Å². The Hall–Kier alpha value is -1.04. The van der Waals surface area contributed by atoms with Gasteiger partial charge >= 0.3 is 0 Å². The Morgan fingerprint density at radius 1 is 0.710 bits per heavy atom. The first-order chi connectivity index (χ1) is 15.4. The van der Waals surface area contributed by atoms with Crippen LogP contribution in [-0.2, 0) is 5.41 Å². The molecule has 0 saturated heterocycles. The van der Waals surface area contributed by atoms with Crippen LogP contribution < -0.4 is 0 Å². The van der Waals surface area contributed by atoms with Crippen LogP contribution in [0.3, 0.4) is 0 Å². The predicted molar refractivity (Wildman–Crippen MR) is 133 cm³/mol. The highest BCUT2D eigenvalue weighted by molar-refractivity contribution is 5.31. The molecule has 4 saturated carbocycles. The molecular formula is C31H46. The second-order valence-corrected chi connectivity index (χ2v) is 11.7. The van der Waals surface area contributed by atoms with Gasteiger partial charge in [0.25, 0.3) is 0 Å². The van der Waals surface area contributed by atoms with Gasteiger partial charge in [-0.2, -0.15) is 0 Å². The van der Waals surface area contributed by atoms with Crippen molar-refractivity contribution in [1.82, 2.24) is 0 Å². The van der Waals surface area contributed by atoms with Crippen molar-refractivity contribution >= 4 is 0 Å². The molecule has 0 spiro atoms. The average molecular weight is 419 g/mol. The normalized spacial score (nSPS) is 35.3. The maximum Gasteiger partial charge on any atom is 0.00149 e. The number of rotatable bonds is 8. The Bertz CT molecular complexity index is 676. The van der Waals surface area contributed by atoms with Crippen LogP contribution in [0, 0.1) is 35.5 Å². The smallest absolute Gasteiger partial charge is 0.00149 e. The van der Waals surface area contributed by atoms with E-state index in [1.807, 2.05) is 0 Å². The quantitative estimate of drug-likeness (QED) is 0.291. The van der Waals surface area contributed by atoms with Gasteiger partial charge in [-0.25, -0.2) is 0 Å².